The number of ether oxygens (including phenoxy) is 1. The summed E-state index contributed by atoms with van der Waals surface area (Å²) in [4.78, 5) is 49.9. The first-order valence-corrected chi connectivity index (χ1v) is 10.6. The van der Waals surface area contributed by atoms with Gasteiger partial charge in [-0.05, 0) is 50.5 Å². The van der Waals surface area contributed by atoms with Crippen LogP contribution in [0.3, 0.4) is 0 Å². The Labute approximate surface area is 176 Å². The van der Waals surface area contributed by atoms with Gasteiger partial charge in [-0.15, -0.1) is 0 Å². The number of carbonyl (C=O) groups excluding carboxylic acids is 4. The summed E-state index contributed by atoms with van der Waals surface area (Å²) in [5, 5.41) is 5.41. The van der Waals surface area contributed by atoms with Gasteiger partial charge in [0.05, 0.1) is 0 Å². The molecule has 162 valence electrons. The van der Waals surface area contributed by atoms with Crippen LogP contribution in [0, 0.1) is 0 Å². The third kappa shape index (κ3) is 5.81. The molecule has 0 unspecified atom stereocenters. The molecule has 1 aliphatic heterocycles. The Morgan fingerprint density at radius 3 is 2.43 bits per heavy atom. The van der Waals surface area contributed by atoms with Crippen LogP contribution in [0.2, 0.25) is 0 Å². The largest absolute Gasteiger partial charge is 0.451 e. The van der Waals surface area contributed by atoms with E-state index in [1.165, 1.54) is 13.3 Å². The zero-order chi connectivity index (χ0) is 21.5. The first-order valence-electron chi connectivity index (χ1n) is 10.6. The molecule has 2 aliphatic rings. The van der Waals surface area contributed by atoms with Gasteiger partial charge in [-0.1, -0.05) is 19.3 Å². The lowest BCUT2D eigenvalue weighted by Crippen LogP contribution is -2.43. The average molecular weight is 415 g/mol. The SMILES string of the molecule is C[C@@H](OC(=O)CNC(=O)c1ccc(N2CCCC2=O)cc1)C(=O)NC1CCCCC1. The lowest BCUT2D eigenvalue weighted by molar-refractivity contribution is -0.154. The third-order valence-electron chi connectivity index (χ3n) is 5.54. The number of benzene rings is 1. The molecule has 1 saturated carbocycles. The second-order valence-electron chi connectivity index (χ2n) is 7.85. The summed E-state index contributed by atoms with van der Waals surface area (Å²) in [7, 11) is 0. The summed E-state index contributed by atoms with van der Waals surface area (Å²) in [6, 6.07) is 6.80. The fraction of sp³-hybridized carbons (Fsp3) is 0.545. The Morgan fingerprint density at radius 2 is 1.80 bits per heavy atom. The summed E-state index contributed by atoms with van der Waals surface area (Å²) in [6.45, 7) is 1.88. The van der Waals surface area contributed by atoms with Gasteiger partial charge < -0.3 is 20.3 Å². The van der Waals surface area contributed by atoms with Gasteiger partial charge in [-0.3, -0.25) is 19.2 Å². The molecule has 1 aliphatic carbocycles. The predicted octanol–water partition coefficient (Wildman–Crippen LogP) is 1.92. The van der Waals surface area contributed by atoms with Crippen molar-refractivity contribution in [3.63, 3.8) is 0 Å². The summed E-state index contributed by atoms with van der Waals surface area (Å²) < 4.78 is 5.13. The van der Waals surface area contributed by atoms with Gasteiger partial charge in [0.25, 0.3) is 11.8 Å². The van der Waals surface area contributed by atoms with Crippen molar-refractivity contribution in [1.82, 2.24) is 10.6 Å². The number of nitrogens with one attached hydrogen (secondary N) is 2. The number of hydrogen-bond acceptors (Lipinski definition) is 5. The smallest absolute Gasteiger partial charge is 0.326 e. The van der Waals surface area contributed by atoms with Gasteiger partial charge in [0.1, 0.15) is 6.54 Å². The minimum atomic E-state index is -0.909. The number of amides is 3. The van der Waals surface area contributed by atoms with Crippen molar-refractivity contribution in [1.29, 1.82) is 0 Å². The van der Waals surface area contributed by atoms with E-state index in [1.807, 2.05) is 0 Å². The zero-order valence-corrected chi connectivity index (χ0v) is 17.3. The van der Waals surface area contributed by atoms with Crippen molar-refractivity contribution >= 4 is 29.4 Å². The van der Waals surface area contributed by atoms with E-state index in [0.717, 1.165) is 37.8 Å². The second-order valence-corrected chi connectivity index (χ2v) is 7.85. The molecule has 3 amide bonds. The lowest BCUT2D eigenvalue weighted by Gasteiger charge is -2.24. The first-order chi connectivity index (χ1) is 14.4. The van der Waals surface area contributed by atoms with E-state index in [-0.39, 0.29) is 24.4 Å². The molecule has 1 saturated heterocycles. The molecular weight excluding hydrogens is 386 g/mol. The van der Waals surface area contributed by atoms with Crippen LogP contribution in [0.5, 0.6) is 0 Å². The van der Waals surface area contributed by atoms with Gasteiger partial charge in [0.2, 0.25) is 5.91 Å². The molecule has 0 spiro atoms. The van der Waals surface area contributed by atoms with E-state index in [4.69, 9.17) is 4.74 Å². The topological polar surface area (TPSA) is 105 Å². The highest BCUT2D eigenvalue weighted by atomic mass is 16.5. The van der Waals surface area contributed by atoms with Gasteiger partial charge >= 0.3 is 5.97 Å². The molecular formula is C22H29N3O5. The fourth-order valence-corrected chi connectivity index (χ4v) is 3.83. The van der Waals surface area contributed by atoms with Gasteiger partial charge in [0.15, 0.2) is 6.10 Å². The molecule has 3 rings (SSSR count). The molecule has 1 aromatic carbocycles. The number of esters is 1. The number of rotatable bonds is 7. The zero-order valence-electron chi connectivity index (χ0n) is 17.3. The van der Waals surface area contributed by atoms with Crippen LogP contribution in [0.1, 0.15) is 62.2 Å². The van der Waals surface area contributed by atoms with Crippen molar-refractivity contribution in [3.8, 4) is 0 Å². The van der Waals surface area contributed by atoms with Crippen LogP contribution >= 0.6 is 0 Å². The van der Waals surface area contributed by atoms with E-state index >= 15 is 0 Å². The summed E-state index contributed by atoms with van der Waals surface area (Å²) in [5.74, 6) is -1.33. The van der Waals surface area contributed by atoms with Gasteiger partial charge in [0, 0.05) is 30.3 Å². The Morgan fingerprint density at radius 1 is 1.10 bits per heavy atom. The molecule has 8 nitrogen and oxygen atoms in total. The maximum absolute atomic E-state index is 12.2. The van der Waals surface area contributed by atoms with Crippen molar-refractivity contribution in [2.45, 2.75) is 64.0 Å². The summed E-state index contributed by atoms with van der Waals surface area (Å²) >= 11 is 0. The van der Waals surface area contributed by atoms with E-state index in [9.17, 15) is 19.2 Å². The van der Waals surface area contributed by atoms with Crippen LogP contribution in [-0.4, -0.2) is 48.9 Å². The standard InChI is InChI=1S/C22H29N3O5/c1-15(21(28)24-17-6-3-2-4-7-17)30-20(27)14-23-22(29)16-9-11-18(12-10-16)25-13-5-8-19(25)26/h9-12,15,17H,2-8,13-14H2,1H3,(H,23,29)(H,24,28)/t15-/m1/s1. The third-order valence-corrected chi connectivity index (χ3v) is 5.54. The van der Waals surface area contributed by atoms with Crippen LogP contribution < -0.4 is 15.5 Å². The molecule has 8 heteroatoms. The molecule has 1 aromatic rings. The number of carbonyl (C=O) groups is 4. The maximum Gasteiger partial charge on any atom is 0.326 e. The number of nitrogens with zero attached hydrogens (tertiary/aromatic N) is 1. The van der Waals surface area contributed by atoms with Crippen LogP contribution in [0.15, 0.2) is 24.3 Å². The second kappa shape index (κ2) is 10.2. The number of anilines is 1. The molecule has 30 heavy (non-hydrogen) atoms. The fourth-order valence-electron chi connectivity index (χ4n) is 3.83. The Balaban J connectivity index is 1.41. The van der Waals surface area contributed by atoms with E-state index < -0.39 is 18.0 Å². The van der Waals surface area contributed by atoms with E-state index in [0.29, 0.717) is 18.5 Å². The van der Waals surface area contributed by atoms with Crippen LogP contribution in [0.4, 0.5) is 5.69 Å². The highest BCUT2D eigenvalue weighted by Gasteiger charge is 2.23. The molecule has 1 heterocycles. The normalized spacial score (nSPS) is 18.0. The summed E-state index contributed by atoms with van der Waals surface area (Å²) in [5.41, 5.74) is 1.13. The molecule has 2 fully saturated rings. The van der Waals surface area contributed by atoms with Gasteiger partial charge in [-0.2, -0.15) is 0 Å². The predicted molar refractivity (Wildman–Crippen MR) is 111 cm³/mol. The van der Waals surface area contributed by atoms with E-state index in [1.54, 1.807) is 29.2 Å². The first kappa shape index (κ1) is 21.8. The number of hydrogen-bond donors (Lipinski definition) is 2. The monoisotopic (exact) mass is 415 g/mol. The Bertz CT molecular complexity index is 786. The average Bonchev–Trinajstić information content (AvgIpc) is 3.18. The molecule has 2 N–H and O–H groups in total. The molecule has 1 atom stereocenters. The summed E-state index contributed by atoms with van der Waals surface area (Å²) in [6.07, 6.45) is 5.76. The van der Waals surface area contributed by atoms with Crippen molar-refractivity contribution in [2.24, 2.45) is 0 Å². The lowest BCUT2D eigenvalue weighted by atomic mass is 9.95. The van der Waals surface area contributed by atoms with Crippen LogP contribution in [-0.2, 0) is 19.1 Å². The highest BCUT2D eigenvalue weighted by molar-refractivity contribution is 5.98. The van der Waals surface area contributed by atoms with Crippen molar-refractivity contribution < 1.29 is 23.9 Å². The molecule has 0 radical (unpaired) electrons. The van der Waals surface area contributed by atoms with Crippen molar-refractivity contribution in [3.05, 3.63) is 29.8 Å². The minimum Gasteiger partial charge on any atom is -0.451 e. The van der Waals surface area contributed by atoms with Crippen LogP contribution in [0.25, 0.3) is 0 Å². The Kier molecular flexibility index (Phi) is 7.43. The van der Waals surface area contributed by atoms with E-state index in [2.05, 4.69) is 10.6 Å². The molecule has 0 bridgehead atoms. The molecule has 0 aromatic heterocycles. The quantitative estimate of drug-likeness (QED) is 0.662. The maximum atomic E-state index is 12.2. The highest BCUT2D eigenvalue weighted by Crippen LogP contribution is 2.21. The van der Waals surface area contributed by atoms with Crippen molar-refractivity contribution in [2.75, 3.05) is 18.0 Å². The minimum absolute atomic E-state index is 0.0802. The Hall–Kier alpha value is -2.90. The van der Waals surface area contributed by atoms with Gasteiger partial charge in [-0.25, -0.2) is 0 Å².